The van der Waals surface area contributed by atoms with Gasteiger partial charge in [-0.05, 0) is 12.1 Å². The van der Waals surface area contributed by atoms with Crippen LogP contribution in [-0.4, -0.2) is 30.5 Å². The Balaban J connectivity index is 2.44. The van der Waals surface area contributed by atoms with E-state index in [2.05, 4.69) is 4.74 Å². The molecule has 0 aliphatic heterocycles. The number of carbonyl (C=O) groups is 1. The molecule has 76 valence electrons. The summed E-state index contributed by atoms with van der Waals surface area (Å²) in [4.78, 5) is 11.2. The van der Waals surface area contributed by atoms with E-state index < -0.39 is 18.7 Å². The van der Waals surface area contributed by atoms with Gasteiger partial charge in [-0.25, -0.2) is 9.18 Å². The van der Waals surface area contributed by atoms with Crippen LogP contribution >= 0.6 is 0 Å². The van der Waals surface area contributed by atoms with Crippen LogP contribution in [0.5, 0.6) is 0 Å². The van der Waals surface area contributed by atoms with Crippen LogP contribution in [0.15, 0.2) is 30.3 Å². The van der Waals surface area contributed by atoms with Crippen LogP contribution in [0.4, 0.5) is 4.39 Å². The molecule has 0 bridgehead atoms. The fourth-order valence-electron chi connectivity index (χ4n) is 0.874. The molecule has 0 heterocycles. The van der Waals surface area contributed by atoms with Crippen molar-refractivity contribution in [3.8, 4) is 0 Å². The third-order valence-corrected chi connectivity index (χ3v) is 1.59. The summed E-state index contributed by atoms with van der Waals surface area (Å²) in [6.45, 7) is -1.23. The first-order valence-electron chi connectivity index (χ1n) is 4.20. The number of hydrogen-bond donors (Lipinski definition) is 1. The Morgan fingerprint density at radius 3 is 2.64 bits per heavy atom. The lowest BCUT2D eigenvalue weighted by atomic mass is 10.2. The van der Waals surface area contributed by atoms with E-state index in [4.69, 9.17) is 5.11 Å². The first-order chi connectivity index (χ1) is 6.74. The Morgan fingerprint density at radius 2 is 2.07 bits per heavy atom. The first-order valence-corrected chi connectivity index (χ1v) is 4.20. The van der Waals surface area contributed by atoms with Crippen molar-refractivity contribution in [1.82, 2.24) is 0 Å². The van der Waals surface area contributed by atoms with Crippen LogP contribution in [0, 0.1) is 0 Å². The largest absolute Gasteiger partial charge is 0.459 e. The molecular weight excluding hydrogens is 187 g/mol. The van der Waals surface area contributed by atoms with E-state index in [-0.39, 0.29) is 6.61 Å². The van der Waals surface area contributed by atoms with E-state index in [1.165, 1.54) is 0 Å². The van der Waals surface area contributed by atoms with Crippen LogP contribution in [0.2, 0.25) is 0 Å². The summed E-state index contributed by atoms with van der Waals surface area (Å²) in [5.74, 6) is -0.557. The molecule has 0 radical (unpaired) electrons. The molecule has 3 nitrogen and oxygen atoms in total. The maximum atomic E-state index is 11.8. The van der Waals surface area contributed by atoms with Crippen LogP contribution in [0.3, 0.4) is 0 Å². The number of ether oxygens (including phenoxy) is 1. The van der Waals surface area contributed by atoms with E-state index in [1.54, 1.807) is 30.3 Å². The van der Waals surface area contributed by atoms with Gasteiger partial charge in [-0.2, -0.15) is 0 Å². The molecule has 0 spiro atoms. The third kappa shape index (κ3) is 3.14. The van der Waals surface area contributed by atoms with Gasteiger partial charge in [-0.3, -0.25) is 0 Å². The van der Waals surface area contributed by atoms with Gasteiger partial charge in [-0.1, -0.05) is 18.2 Å². The zero-order valence-electron chi connectivity index (χ0n) is 7.52. The molecule has 1 aromatic rings. The minimum absolute atomic E-state index is 0.315. The van der Waals surface area contributed by atoms with E-state index in [9.17, 15) is 9.18 Å². The van der Waals surface area contributed by atoms with Crippen LogP contribution in [0.1, 0.15) is 10.4 Å². The lowest BCUT2D eigenvalue weighted by Crippen LogP contribution is -2.20. The van der Waals surface area contributed by atoms with E-state index >= 15 is 0 Å². The molecule has 0 aliphatic rings. The minimum atomic E-state index is -1.23. The molecule has 0 unspecified atom stereocenters. The lowest BCUT2D eigenvalue weighted by molar-refractivity contribution is 0.0199. The molecule has 4 heteroatoms. The molecule has 1 aromatic carbocycles. The van der Waals surface area contributed by atoms with Gasteiger partial charge in [0.2, 0.25) is 0 Å². The third-order valence-electron chi connectivity index (χ3n) is 1.59. The van der Waals surface area contributed by atoms with Crippen molar-refractivity contribution in [3.63, 3.8) is 0 Å². The molecule has 0 saturated heterocycles. The summed E-state index contributed by atoms with van der Waals surface area (Å²) >= 11 is 0. The molecule has 0 aliphatic carbocycles. The highest BCUT2D eigenvalue weighted by Gasteiger charge is 2.09. The number of aliphatic hydroxyl groups is 1. The average molecular weight is 198 g/mol. The van der Waals surface area contributed by atoms with Crippen molar-refractivity contribution in [1.29, 1.82) is 0 Å². The summed E-state index contributed by atoms with van der Waals surface area (Å²) in [5, 5.41) is 8.80. The second kappa shape index (κ2) is 5.34. The predicted molar refractivity (Wildman–Crippen MR) is 48.7 cm³/mol. The van der Waals surface area contributed by atoms with Crippen molar-refractivity contribution in [3.05, 3.63) is 35.9 Å². The molecule has 1 N–H and O–H groups in total. The van der Waals surface area contributed by atoms with Gasteiger partial charge in [0.1, 0.15) is 19.4 Å². The van der Waals surface area contributed by atoms with Crippen LogP contribution < -0.4 is 0 Å². The van der Waals surface area contributed by atoms with E-state index in [0.29, 0.717) is 5.56 Å². The number of hydrogen-bond acceptors (Lipinski definition) is 3. The SMILES string of the molecule is O=C(OC[C@H](O)CF)c1ccccc1. The van der Waals surface area contributed by atoms with Crippen LogP contribution in [0.25, 0.3) is 0 Å². The van der Waals surface area contributed by atoms with Crippen LogP contribution in [-0.2, 0) is 4.74 Å². The molecule has 1 atom stereocenters. The van der Waals surface area contributed by atoms with Gasteiger partial charge in [0, 0.05) is 0 Å². The fraction of sp³-hybridized carbons (Fsp3) is 0.300. The predicted octanol–water partition coefficient (Wildman–Crippen LogP) is 1.17. The lowest BCUT2D eigenvalue weighted by Gasteiger charge is -2.07. The zero-order chi connectivity index (χ0) is 10.4. The standard InChI is InChI=1S/C10H11FO3/c11-6-9(12)7-14-10(13)8-4-2-1-3-5-8/h1-5,9,12H,6-7H2/t9-/m1/s1. The monoisotopic (exact) mass is 198 g/mol. The number of esters is 1. The van der Waals surface area contributed by atoms with Gasteiger partial charge in [0.15, 0.2) is 0 Å². The summed E-state index contributed by atoms with van der Waals surface area (Å²) < 4.78 is 16.5. The van der Waals surface area contributed by atoms with Crippen molar-refractivity contribution in [2.75, 3.05) is 13.3 Å². The molecule has 0 amide bonds. The van der Waals surface area contributed by atoms with Gasteiger partial charge in [-0.15, -0.1) is 0 Å². The molecule has 14 heavy (non-hydrogen) atoms. The maximum absolute atomic E-state index is 11.8. The van der Waals surface area contributed by atoms with E-state index in [1.807, 2.05) is 0 Å². The fourth-order valence-corrected chi connectivity index (χ4v) is 0.874. The number of rotatable bonds is 4. The van der Waals surface area contributed by atoms with Crippen molar-refractivity contribution >= 4 is 5.97 Å². The molecule has 0 aromatic heterocycles. The van der Waals surface area contributed by atoms with Crippen molar-refractivity contribution in [2.24, 2.45) is 0 Å². The molecule has 0 fully saturated rings. The Bertz CT molecular complexity index is 287. The summed E-state index contributed by atoms with van der Waals surface area (Å²) in [5.41, 5.74) is 0.388. The van der Waals surface area contributed by atoms with Gasteiger partial charge >= 0.3 is 5.97 Å². The number of carbonyl (C=O) groups excluding carboxylic acids is 1. The van der Waals surface area contributed by atoms with Gasteiger partial charge < -0.3 is 9.84 Å². The number of benzene rings is 1. The minimum Gasteiger partial charge on any atom is -0.459 e. The topological polar surface area (TPSA) is 46.5 Å². The number of halogens is 1. The highest BCUT2D eigenvalue weighted by Crippen LogP contribution is 2.01. The van der Waals surface area contributed by atoms with Crippen molar-refractivity contribution in [2.45, 2.75) is 6.10 Å². The number of aliphatic hydroxyl groups excluding tert-OH is 1. The Kier molecular flexibility index (Phi) is 4.07. The van der Waals surface area contributed by atoms with Crippen molar-refractivity contribution < 1.29 is 19.0 Å². The van der Waals surface area contributed by atoms with Gasteiger partial charge in [0.25, 0.3) is 0 Å². The second-order valence-electron chi connectivity index (χ2n) is 2.77. The smallest absolute Gasteiger partial charge is 0.338 e. The Labute approximate surface area is 81.1 Å². The molecular formula is C10H11FO3. The second-order valence-corrected chi connectivity index (χ2v) is 2.77. The average Bonchev–Trinajstić information content (AvgIpc) is 2.26. The molecule has 1 rings (SSSR count). The van der Waals surface area contributed by atoms with Gasteiger partial charge in [0.05, 0.1) is 5.56 Å². The number of alkyl halides is 1. The highest BCUT2D eigenvalue weighted by molar-refractivity contribution is 5.89. The summed E-state index contributed by atoms with van der Waals surface area (Å²) in [7, 11) is 0. The summed E-state index contributed by atoms with van der Waals surface area (Å²) in [6, 6.07) is 8.34. The molecule has 0 saturated carbocycles. The Morgan fingerprint density at radius 1 is 1.43 bits per heavy atom. The zero-order valence-corrected chi connectivity index (χ0v) is 7.52. The Hall–Kier alpha value is -1.42. The van der Waals surface area contributed by atoms with E-state index in [0.717, 1.165) is 0 Å². The first kappa shape index (κ1) is 10.7. The normalized spacial score (nSPS) is 12.1. The highest BCUT2D eigenvalue weighted by atomic mass is 19.1. The summed E-state index contributed by atoms with van der Waals surface area (Å²) in [6.07, 6.45) is -1.23. The maximum Gasteiger partial charge on any atom is 0.338 e. The quantitative estimate of drug-likeness (QED) is 0.739.